The number of nitrogen functional groups attached to an aromatic ring is 1. The summed E-state index contributed by atoms with van der Waals surface area (Å²) in [5.41, 5.74) is 6.45. The smallest absolute Gasteiger partial charge is 0.325 e. The molecule has 0 saturated carbocycles. The standard InChI is InChI=1S/C11H14N2O3.ClH.H2/c1-2-16-10(14)7-13-11(15)8-4-3-5-9(12)6-8;;/h3-6H,2,7,12H2,1H3,(H,13,15);2*1H. The number of nitrogens with one attached hydrogen (secondary N) is 1. The number of anilines is 1. The third kappa shape index (κ3) is 5.21. The molecule has 6 heteroatoms. The van der Waals surface area contributed by atoms with Crippen LogP contribution in [0.15, 0.2) is 24.3 Å². The molecule has 0 radical (unpaired) electrons. The van der Waals surface area contributed by atoms with Crippen LogP contribution >= 0.6 is 12.4 Å². The van der Waals surface area contributed by atoms with Crippen molar-refractivity contribution < 1.29 is 15.8 Å². The highest BCUT2D eigenvalue weighted by molar-refractivity contribution is 5.96. The van der Waals surface area contributed by atoms with Gasteiger partial charge in [0.1, 0.15) is 6.54 Å². The van der Waals surface area contributed by atoms with Gasteiger partial charge >= 0.3 is 5.97 Å². The normalized spacial score (nSPS) is 9.00. The minimum absolute atomic E-state index is 0. The van der Waals surface area contributed by atoms with Crippen molar-refractivity contribution >= 4 is 30.0 Å². The molecule has 0 bridgehead atoms. The third-order valence-corrected chi connectivity index (χ3v) is 1.85. The molecule has 0 spiro atoms. The van der Waals surface area contributed by atoms with Crippen LogP contribution in [0.4, 0.5) is 5.69 Å². The van der Waals surface area contributed by atoms with Crippen LogP contribution in [0.3, 0.4) is 0 Å². The number of carbonyl (C=O) groups excluding carboxylic acids is 2. The predicted octanol–water partition coefficient (Wildman–Crippen LogP) is 1.23. The topological polar surface area (TPSA) is 81.4 Å². The highest BCUT2D eigenvalue weighted by atomic mass is 35.5. The summed E-state index contributed by atoms with van der Waals surface area (Å²) in [7, 11) is 0. The van der Waals surface area contributed by atoms with E-state index in [1.807, 2.05) is 0 Å². The first-order valence-corrected chi connectivity index (χ1v) is 4.93. The lowest BCUT2D eigenvalue weighted by molar-refractivity contribution is -0.141. The van der Waals surface area contributed by atoms with Gasteiger partial charge in [-0.1, -0.05) is 6.07 Å². The van der Waals surface area contributed by atoms with Crippen molar-refractivity contribution in [1.29, 1.82) is 0 Å². The molecule has 0 aromatic heterocycles. The maximum absolute atomic E-state index is 11.5. The highest BCUT2D eigenvalue weighted by Gasteiger charge is 2.08. The fourth-order valence-corrected chi connectivity index (χ4v) is 1.15. The Kier molecular flexibility index (Phi) is 6.74. The molecule has 1 aromatic carbocycles. The molecular formula is C11H17ClN2O3. The zero-order chi connectivity index (χ0) is 12.0. The van der Waals surface area contributed by atoms with E-state index >= 15 is 0 Å². The van der Waals surface area contributed by atoms with Crippen LogP contribution in [-0.4, -0.2) is 25.0 Å². The number of rotatable bonds is 4. The number of hydrogen-bond acceptors (Lipinski definition) is 4. The van der Waals surface area contributed by atoms with Gasteiger partial charge in [0.25, 0.3) is 5.91 Å². The Hall–Kier alpha value is -1.75. The molecule has 1 amide bonds. The molecule has 0 aliphatic heterocycles. The summed E-state index contributed by atoms with van der Waals surface area (Å²) in [6, 6.07) is 6.52. The van der Waals surface area contributed by atoms with Crippen LogP contribution in [0.25, 0.3) is 0 Å². The number of carbonyl (C=O) groups is 2. The van der Waals surface area contributed by atoms with Crippen LogP contribution in [0.5, 0.6) is 0 Å². The number of esters is 1. The Morgan fingerprint density at radius 2 is 2.18 bits per heavy atom. The molecule has 0 heterocycles. The van der Waals surface area contributed by atoms with Gasteiger partial charge in [0.15, 0.2) is 0 Å². The van der Waals surface area contributed by atoms with E-state index in [9.17, 15) is 9.59 Å². The van der Waals surface area contributed by atoms with E-state index in [4.69, 9.17) is 5.73 Å². The van der Waals surface area contributed by atoms with Gasteiger partial charge in [0.2, 0.25) is 0 Å². The fraction of sp³-hybridized carbons (Fsp3) is 0.273. The monoisotopic (exact) mass is 260 g/mol. The van der Waals surface area contributed by atoms with Gasteiger partial charge in [-0.15, -0.1) is 12.4 Å². The highest BCUT2D eigenvalue weighted by Crippen LogP contribution is 2.05. The Balaban J connectivity index is 0. The molecule has 1 rings (SSSR count). The zero-order valence-electron chi connectivity index (χ0n) is 9.43. The van der Waals surface area contributed by atoms with Crippen molar-refractivity contribution in [3.05, 3.63) is 29.8 Å². The molecule has 0 unspecified atom stereocenters. The van der Waals surface area contributed by atoms with Gasteiger partial charge in [0, 0.05) is 12.7 Å². The zero-order valence-corrected chi connectivity index (χ0v) is 10.3. The van der Waals surface area contributed by atoms with Gasteiger partial charge < -0.3 is 15.8 Å². The van der Waals surface area contributed by atoms with Crippen molar-refractivity contribution in [3.63, 3.8) is 0 Å². The van der Waals surface area contributed by atoms with Crippen LogP contribution in [0.2, 0.25) is 0 Å². The average molecular weight is 261 g/mol. The lowest BCUT2D eigenvalue weighted by atomic mass is 10.2. The summed E-state index contributed by atoms with van der Waals surface area (Å²) in [6.45, 7) is 1.87. The number of hydrogen-bond donors (Lipinski definition) is 2. The van der Waals surface area contributed by atoms with Gasteiger partial charge in [-0.25, -0.2) is 0 Å². The van der Waals surface area contributed by atoms with E-state index in [0.717, 1.165) is 0 Å². The van der Waals surface area contributed by atoms with Crippen molar-refractivity contribution in [1.82, 2.24) is 5.32 Å². The molecule has 5 nitrogen and oxygen atoms in total. The van der Waals surface area contributed by atoms with Crippen molar-refractivity contribution in [3.8, 4) is 0 Å². The molecule has 1 aromatic rings. The molecule has 96 valence electrons. The maximum atomic E-state index is 11.5. The maximum Gasteiger partial charge on any atom is 0.325 e. The molecule has 0 saturated heterocycles. The number of halogens is 1. The summed E-state index contributed by atoms with van der Waals surface area (Å²) in [6.07, 6.45) is 0. The number of ether oxygens (including phenoxy) is 1. The van der Waals surface area contributed by atoms with Crippen LogP contribution < -0.4 is 11.1 Å². The van der Waals surface area contributed by atoms with E-state index in [1.165, 1.54) is 0 Å². The third-order valence-electron chi connectivity index (χ3n) is 1.85. The molecule has 0 fully saturated rings. The van der Waals surface area contributed by atoms with E-state index < -0.39 is 5.97 Å². The summed E-state index contributed by atoms with van der Waals surface area (Å²) in [5, 5.41) is 2.44. The lowest BCUT2D eigenvalue weighted by Gasteiger charge is -2.05. The van der Waals surface area contributed by atoms with E-state index in [-0.39, 0.29) is 26.3 Å². The second kappa shape index (κ2) is 7.51. The minimum atomic E-state index is -0.459. The molecule has 0 aliphatic carbocycles. The molecular weight excluding hydrogens is 244 g/mol. The van der Waals surface area contributed by atoms with Gasteiger partial charge in [-0.2, -0.15) is 0 Å². The quantitative estimate of drug-likeness (QED) is 0.630. The van der Waals surface area contributed by atoms with E-state index in [0.29, 0.717) is 17.9 Å². The molecule has 0 atom stereocenters. The molecule has 0 aliphatic rings. The van der Waals surface area contributed by atoms with Crippen molar-refractivity contribution in [2.45, 2.75) is 6.92 Å². The largest absolute Gasteiger partial charge is 0.465 e. The first kappa shape index (κ1) is 15.2. The lowest BCUT2D eigenvalue weighted by Crippen LogP contribution is -2.30. The fourth-order valence-electron chi connectivity index (χ4n) is 1.15. The Morgan fingerprint density at radius 3 is 2.76 bits per heavy atom. The molecule has 3 N–H and O–H groups in total. The van der Waals surface area contributed by atoms with Crippen molar-refractivity contribution in [2.75, 3.05) is 18.9 Å². The van der Waals surface area contributed by atoms with Crippen molar-refractivity contribution in [2.24, 2.45) is 0 Å². The van der Waals surface area contributed by atoms with Crippen LogP contribution in [0.1, 0.15) is 18.7 Å². The van der Waals surface area contributed by atoms with Gasteiger partial charge in [-0.05, 0) is 25.1 Å². The Labute approximate surface area is 107 Å². The van der Waals surface area contributed by atoms with E-state index in [1.54, 1.807) is 31.2 Å². The Morgan fingerprint density at radius 1 is 1.47 bits per heavy atom. The van der Waals surface area contributed by atoms with Crippen LogP contribution in [-0.2, 0) is 9.53 Å². The first-order valence-electron chi connectivity index (χ1n) is 4.93. The summed E-state index contributed by atoms with van der Waals surface area (Å²) >= 11 is 0. The molecule has 17 heavy (non-hydrogen) atoms. The van der Waals surface area contributed by atoms with E-state index in [2.05, 4.69) is 10.1 Å². The average Bonchev–Trinajstić information content (AvgIpc) is 2.26. The minimum Gasteiger partial charge on any atom is -0.465 e. The second-order valence-electron chi connectivity index (χ2n) is 3.11. The number of amides is 1. The number of benzene rings is 1. The summed E-state index contributed by atoms with van der Waals surface area (Å²) in [4.78, 5) is 22.5. The predicted molar refractivity (Wildman–Crippen MR) is 69.2 cm³/mol. The second-order valence-corrected chi connectivity index (χ2v) is 3.11. The van der Waals surface area contributed by atoms with Gasteiger partial charge in [-0.3, -0.25) is 9.59 Å². The SMILES string of the molecule is CCOC(=O)CNC(=O)c1cccc(N)c1.Cl.[HH]. The van der Waals surface area contributed by atoms with Crippen LogP contribution in [0, 0.1) is 0 Å². The number of nitrogens with two attached hydrogens (primary N) is 1. The van der Waals surface area contributed by atoms with Gasteiger partial charge in [0.05, 0.1) is 6.61 Å². The summed E-state index contributed by atoms with van der Waals surface area (Å²) in [5.74, 6) is -0.805. The summed E-state index contributed by atoms with van der Waals surface area (Å²) < 4.78 is 4.67. The first-order chi connectivity index (χ1) is 7.63. The Bertz CT molecular complexity index is 402.